The largest absolute Gasteiger partial charge is 0.416 e. The number of benzene rings is 1. The lowest BCUT2D eigenvalue weighted by Gasteiger charge is -2.12. The van der Waals surface area contributed by atoms with E-state index in [1.807, 2.05) is 0 Å². The number of nitrogens with one attached hydrogen (secondary N) is 1. The molecule has 2 atom stereocenters. The van der Waals surface area contributed by atoms with Crippen LogP contribution in [-0.2, 0) is 17.0 Å². The highest BCUT2D eigenvalue weighted by molar-refractivity contribution is 7.85. The zero-order chi connectivity index (χ0) is 16.5. The standard InChI is InChI=1S/C12H11F3N2O4S/c13-12(14,15)7-1-2-9(10(5-7)17(19)20)11(18)16-8-3-4-22(21)6-8/h1-2,5,8H,3-4,6H2,(H,16,18)/t8-,22+/m0/s1. The van der Waals surface area contributed by atoms with Crippen LogP contribution >= 0.6 is 0 Å². The summed E-state index contributed by atoms with van der Waals surface area (Å²) < 4.78 is 49.0. The van der Waals surface area contributed by atoms with E-state index in [2.05, 4.69) is 5.32 Å². The number of hydrogen-bond acceptors (Lipinski definition) is 4. The van der Waals surface area contributed by atoms with E-state index in [9.17, 15) is 32.3 Å². The summed E-state index contributed by atoms with van der Waals surface area (Å²) in [5, 5.41) is 13.4. The molecule has 1 N–H and O–H groups in total. The fourth-order valence-corrected chi connectivity index (χ4v) is 3.51. The minimum Gasteiger partial charge on any atom is -0.348 e. The van der Waals surface area contributed by atoms with Gasteiger partial charge in [0.2, 0.25) is 0 Å². The van der Waals surface area contributed by atoms with E-state index in [1.54, 1.807) is 0 Å². The molecule has 1 amide bonds. The van der Waals surface area contributed by atoms with Gasteiger partial charge in [-0.2, -0.15) is 13.2 Å². The SMILES string of the molecule is O=C(N[C@H]1CC[S@@](=O)C1)c1ccc(C(F)(F)F)cc1[N+](=O)[O-]. The normalized spacial score (nSPS) is 21.6. The molecular formula is C12H11F3N2O4S. The van der Waals surface area contributed by atoms with Crippen molar-refractivity contribution < 1.29 is 27.1 Å². The van der Waals surface area contributed by atoms with Crippen LogP contribution in [0.25, 0.3) is 0 Å². The predicted octanol–water partition coefficient (Wildman–Crippen LogP) is 1.86. The van der Waals surface area contributed by atoms with Gasteiger partial charge in [0.1, 0.15) is 5.56 Å². The number of nitrogens with zero attached hydrogens (tertiary/aromatic N) is 1. The van der Waals surface area contributed by atoms with Crippen LogP contribution in [-0.4, -0.2) is 32.6 Å². The highest BCUT2D eigenvalue weighted by Gasteiger charge is 2.34. The topological polar surface area (TPSA) is 89.3 Å². The van der Waals surface area contributed by atoms with Gasteiger partial charge in [-0.15, -0.1) is 0 Å². The van der Waals surface area contributed by atoms with Crippen LogP contribution in [0, 0.1) is 10.1 Å². The van der Waals surface area contributed by atoms with Crippen LogP contribution in [0.1, 0.15) is 22.3 Å². The Morgan fingerprint density at radius 3 is 2.59 bits per heavy atom. The van der Waals surface area contributed by atoms with Crippen molar-refractivity contribution >= 4 is 22.4 Å². The van der Waals surface area contributed by atoms with Crippen molar-refractivity contribution in [3.63, 3.8) is 0 Å². The summed E-state index contributed by atoms with van der Waals surface area (Å²) in [5.74, 6) is -0.190. The summed E-state index contributed by atoms with van der Waals surface area (Å²) in [6.07, 6.45) is -4.27. The lowest BCUT2D eigenvalue weighted by atomic mass is 10.1. The van der Waals surface area contributed by atoms with Gasteiger partial charge in [-0.1, -0.05) is 0 Å². The van der Waals surface area contributed by atoms with E-state index < -0.39 is 50.7 Å². The molecule has 1 aromatic rings. The molecule has 0 saturated carbocycles. The third-order valence-electron chi connectivity index (χ3n) is 3.18. The minimum absolute atomic E-state index is 0.236. The first-order valence-corrected chi connectivity index (χ1v) is 7.69. The molecule has 1 saturated heterocycles. The minimum atomic E-state index is -4.73. The molecule has 0 unspecified atom stereocenters. The number of carbonyl (C=O) groups is 1. The molecule has 1 heterocycles. The molecular weight excluding hydrogens is 325 g/mol. The Morgan fingerprint density at radius 1 is 1.41 bits per heavy atom. The smallest absolute Gasteiger partial charge is 0.348 e. The third kappa shape index (κ3) is 3.62. The number of hydrogen-bond donors (Lipinski definition) is 1. The highest BCUT2D eigenvalue weighted by Crippen LogP contribution is 2.33. The molecule has 6 nitrogen and oxygen atoms in total. The molecule has 1 fully saturated rings. The third-order valence-corrected chi connectivity index (χ3v) is 4.65. The summed E-state index contributed by atoms with van der Waals surface area (Å²) >= 11 is 0. The lowest BCUT2D eigenvalue weighted by molar-refractivity contribution is -0.385. The Labute approximate surface area is 125 Å². The first-order chi connectivity index (χ1) is 10.2. The summed E-state index contributed by atoms with van der Waals surface area (Å²) in [4.78, 5) is 21.9. The van der Waals surface area contributed by atoms with E-state index in [4.69, 9.17) is 0 Å². The average Bonchev–Trinajstić information content (AvgIpc) is 2.82. The molecule has 0 bridgehead atoms. The van der Waals surface area contributed by atoms with E-state index in [0.29, 0.717) is 24.3 Å². The summed E-state index contributed by atoms with van der Waals surface area (Å²) in [6.45, 7) is 0. The number of nitro groups is 1. The Kier molecular flexibility index (Phi) is 4.50. The molecule has 0 spiro atoms. The number of rotatable bonds is 3. The molecule has 10 heteroatoms. The summed E-state index contributed by atoms with van der Waals surface area (Å²) in [6, 6.07) is 1.34. The maximum absolute atomic E-state index is 12.6. The van der Waals surface area contributed by atoms with Crippen molar-refractivity contribution in [2.24, 2.45) is 0 Å². The number of nitro benzene ring substituents is 1. The number of alkyl halides is 3. The fourth-order valence-electron chi connectivity index (χ4n) is 2.09. The molecule has 1 aliphatic rings. The van der Waals surface area contributed by atoms with E-state index in [0.717, 1.165) is 6.07 Å². The molecule has 0 aliphatic carbocycles. The van der Waals surface area contributed by atoms with Crippen molar-refractivity contribution in [3.05, 3.63) is 39.4 Å². The molecule has 1 aliphatic heterocycles. The van der Waals surface area contributed by atoms with Gasteiger partial charge in [0.05, 0.1) is 10.5 Å². The van der Waals surface area contributed by atoms with Crippen LogP contribution in [0.2, 0.25) is 0 Å². The molecule has 22 heavy (non-hydrogen) atoms. The summed E-state index contributed by atoms with van der Waals surface area (Å²) in [5.41, 5.74) is -2.56. The van der Waals surface area contributed by atoms with Gasteiger partial charge in [0, 0.05) is 34.4 Å². The van der Waals surface area contributed by atoms with E-state index in [-0.39, 0.29) is 5.75 Å². The first kappa shape index (κ1) is 16.4. The quantitative estimate of drug-likeness (QED) is 0.674. The zero-order valence-electron chi connectivity index (χ0n) is 11.1. The maximum Gasteiger partial charge on any atom is 0.416 e. The van der Waals surface area contributed by atoms with Crippen molar-refractivity contribution in [2.75, 3.05) is 11.5 Å². The highest BCUT2D eigenvalue weighted by atomic mass is 32.2. The Balaban J connectivity index is 2.28. The molecule has 1 aromatic carbocycles. The second-order valence-corrected chi connectivity index (χ2v) is 6.38. The molecule has 0 aromatic heterocycles. The Bertz CT molecular complexity index is 648. The zero-order valence-corrected chi connectivity index (χ0v) is 11.9. The molecule has 0 radical (unpaired) electrons. The van der Waals surface area contributed by atoms with Crippen LogP contribution in [0.4, 0.5) is 18.9 Å². The van der Waals surface area contributed by atoms with Crippen LogP contribution in [0.15, 0.2) is 18.2 Å². The van der Waals surface area contributed by atoms with Gasteiger partial charge < -0.3 is 5.32 Å². The number of amides is 1. The average molecular weight is 336 g/mol. The van der Waals surface area contributed by atoms with Crippen LogP contribution in [0.3, 0.4) is 0 Å². The van der Waals surface area contributed by atoms with Crippen molar-refractivity contribution in [1.29, 1.82) is 0 Å². The van der Waals surface area contributed by atoms with Gasteiger partial charge in [-0.25, -0.2) is 0 Å². The van der Waals surface area contributed by atoms with Gasteiger partial charge in [0.15, 0.2) is 0 Å². The molecule has 2 rings (SSSR count). The van der Waals surface area contributed by atoms with E-state index in [1.165, 1.54) is 0 Å². The second-order valence-electron chi connectivity index (χ2n) is 4.76. The fraction of sp³-hybridized carbons (Fsp3) is 0.417. The van der Waals surface area contributed by atoms with Crippen molar-refractivity contribution in [1.82, 2.24) is 5.32 Å². The predicted molar refractivity (Wildman–Crippen MR) is 71.8 cm³/mol. The van der Waals surface area contributed by atoms with Crippen LogP contribution in [0.5, 0.6) is 0 Å². The Morgan fingerprint density at radius 2 is 2.09 bits per heavy atom. The van der Waals surface area contributed by atoms with Crippen molar-refractivity contribution in [2.45, 2.75) is 18.6 Å². The summed E-state index contributed by atoms with van der Waals surface area (Å²) in [7, 11) is -1.05. The maximum atomic E-state index is 12.6. The van der Waals surface area contributed by atoms with Crippen LogP contribution < -0.4 is 5.32 Å². The van der Waals surface area contributed by atoms with Gasteiger partial charge in [0.25, 0.3) is 11.6 Å². The monoisotopic (exact) mass is 336 g/mol. The number of carbonyl (C=O) groups excluding carboxylic acids is 1. The van der Waals surface area contributed by atoms with Crippen molar-refractivity contribution in [3.8, 4) is 0 Å². The lowest BCUT2D eigenvalue weighted by Crippen LogP contribution is -2.35. The van der Waals surface area contributed by atoms with Gasteiger partial charge >= 0.3 is 6.18 Å². The van der Waals surface area contributed by atoms with Gasteiger partial charge in [-0.05, 0) is 18.6 Å². The van der Waals surface area contributed by atoms with Gasteiger partial charge in [-0.3, -0.25) is 19.1 Å². The number of halogens is 3. The van der Waals surface area contributed by atoms with E-state index >= 15 is 0 Å². The second kappa shape index (κ2) is 6.03. The molecule has 120 valence electrons. The first-order valence-electron chi connectivity index (χ1n) is 6.20. The Hall–Kier alpha value is -1.97.